The Morgan fingerprint density at radius 1 is 0.529 bits per heavy atom. The summed E-state index contributed by atoms with van der Waals surface area (Å²) in [6.45, 7) is 4.88. The maximum atomic E-state index is 12.4. The van der Waals surface area contributed by atoms with Gasteiger partial charge in [-0.2, -0.15) is 0 Å². The molecule has 2 unspecified atom stereocenters. The molecule has 0 radical (unpaired) electrons. The molecular weight excluding hydrogens is 634 g/mol. The van der Waals surface area contributed by atoms with Gasteiger partial charge in [0.05, 0.1) is 25.4 Å². The number of rotatable bonds is 41. The molecule has 6 nitrogen and oxygen atoms in total. The molecule has 0 spiro atoms. The molecule has 1 amide bonds. The van der Waals surface area contributed by atoms with Crippen LogP contribution in [0.4, 0.5) is 0 Å². The number of esters is 1. The zero-order valence-electron chi connectivity index (χ0n) is 34.1. The largest absolute Gasteiger partial charge is 0.466 e. The molecule has 0 aliphatic heterocycles. The highest BCUT2D eigenvalue weighted by Crippen LogP contribution is 2.15. The molecule has 0 saturated heterocycles. The van der Waals surface area contributed by atoms with Crippen LogP contribution in [0.3, 0.4) is 0 Å². The zero-order valence-corrected chi connectivity index (χ0v) is 34.1. The van der Waals surface area contributed by atoms with Gasteiger partial charge < -0.3 is 20.3 Å². The van der Waals surface area contributed by atoms with E-state index in [9.17, 15) is 19.8 Å². The number of carbonyl (C=O) groups excluding carboxylic acids is 2. The molecule has 0 aromatic carbocycles. The predicted octanol–water partition coefficient (Wildman–Crippen LogP) is 12.6. The molecule has 0 rings (SSSR count). The number of hydrogen-bond donors (Lipinski definition) is 3. The molecule has 51 heavy (non-hydrogen) atoms. The van der Waals surface area contributed by atoms with E-state index in [1.165, 1.54) is 135 Å². The molecule has 3 N–H and O–H groups in total. The van der Waals surface area contributed by atoms with E-state index in [0.29, 0.717) is 25.9 Å². The summed E-state index contributed by atoms with van der Waals surface area (Å²) in [5, 5.41) is 23.0. The maximum Gasteiger partial charge on any atom is 0.305 e. The third kappa shape index (κ3) is 38.1. The normalized spacial score (nSPS) is 12.8. The Balaban J connectivity index is 3.50. The van der Waals surface area contributed by atoms with E-state index in [1.807, 2.05) is 0 Å². The van der Waals surface area contributed by atoms with Crippen LogP contribution < -0.4 is 5.32 Å². The third-order valence-electron chi connectivity index (χ3n) is 10.3. The van der Waals surface area contributed by atoms with Crippen LogP contribution in [0.5, 0.6) is 0 Å². The number of amides is 1. The lowest BCUT2D eigenvalue weighted by Crippen LogP contribution is -2.45. The number of unbranched alkanes of at least 4 members (excludes halogenated alkanes) is 28. The van der Waals surface area contributed by atoms with Crippen molar-refractivity contribution < 1.29 is 24.5 Å². The number of aliphatic hydroxyl groups excluding tert-OH is 2. The lowest BCUT2D eigenvalue weighted by Gasteiger charge is -2.22. The van der Waals surface area contributed by atoms with E-state index in [0.717, 1.165) is 70.6 Å². The number of ether oxygens (including phenoxy) is 1. The van der Waals surface area contributed by atoms with Gasteiger partial charge in [-0.1, -0.05) is 187 Å². The monoisotopic (exact) mass is 722 g/mol. The second-order valence-electron chi connectivity index (χ2n) is 15.4. The van der Waals surface area contributed by atoms with E-state index in [2.05, 4.69) is 31.3 Å². The first-order chi connectivity index (χ1) is 25.0. The van der Waals surface area contributed by atoms with Crippen molar-refractivity contribution in [3.8, 4) is 0 Å². The summed E-state index contributed by atoms with van der Waals surface area (Å²) in [4.78, 5) is 24.3. The van der Waals surface area contributed by atoms with Gasteiger partial charge in [0, 0.05) is 12.8 Å². The summed E-state index contributed by atoms with van der Waals surface area (Å²) in [6.07, 6.45) is 44.5. The highest BCUT2D eigenvalue weighted by molar-refractivity contribution is 5.76. The van der Waals surface area contributed by atoms with Crippen molar-refractivity contribution in [2.24, 2.45) is 0 Å². The van der Waals surface area contributed by atoms with E-state index in [4.69, 9.17) is 4.74 Å². The molecular formula is C45H87NO5. The summed E-state index contributed by atoms with van der Waals surface area (Å²) in [5.74, 6) is -0.0807. The molecule has 0 aliphatic carbocycles. The number of hydrogen-bond acceptors (Lipinski definition) is 5. The average Bonchev–Trinajstić information content (AvgIpc) is 3.13. The van der Waals surface area contributed by atoms with Gasteiger partial charge in [0.25, 0.3) is 0 Å². The van der Waals surface area contributed by atoms with E-state index in [1.54, 1.807) is 0 Å². The van der Waals surface area contributed by atoms with Crippen molar-refractivity contribution in [2.45, 2.75) is 251 Å². The smallest absolute Gasteiger partial charge is 0.305 e. The van der Waals surface area contributed by atoms with Crippen LogP contribution in [-0.4, -0.2) is 47.4 Å². The van der Waals surface area contributed by atoms with Crippen molar-refractivity contribution in [1.29, 1.82) is 0 Å². The number of carbonyl (C=O) groups is 2. The summed E-state index contributed by atoms with van der Waals surface area (Å²) >= 11 is 0. The first-order valence-corrected chi connectivity index (χ1v) is 22.4. The Labute approximate surface area is 317 Å². The molecule has 0 fully saturated rings. The van der Waals surface area contributed by atoms with Gasteiger partial charge in [-0.3, -0.25) is 9.59 Å². The first-order valence-electron chi connectivity index (χ1n) is 22.4. The fourth-order valence-corrected chi connectivity index (χ4v) is 6.81. The maximum absolute atomic E-state index is 12.4. The molecule has 0 bridgehead atoms. The van der Waals surface area contributed by atoms with Gasteiger partial charge in [-0.25, -0.2) is 0 Å². The van der Waals surface area contributed by atoms with Crippen molar-refractivity contribution in [3.05, 3.63) is 12.2 Å². The van der Waals surface area contributed by atoms with Gasteiger partial charge >= 0.3 is 5.97 Å². The number of allylic oxidation sites excluding steroid dienone is 2. The van der Waals surface area contributed by atoms with Crippen LogP contribution in [0.25, 0.3) is 0 Å². The molecule has 2 atom stereocenters. The highest BCUT2D eigenvalue weighted by atomic mass is 16.5. The minimum absolute atomic E-state index is 0.0136. The Morgan fingerprint density at radius 2 is 0.922 bits per heavy atom. The van der Waals surface area contributed by atoms with Crippen LogP contribution in [0.1, 0.15) is 239 Å². The fourth-order valence-electron chi connectivity index (χ4n) is 6.81. The molecule has 302 valence electrons. The number of aliphatic hydroxyl groups is 2. The molecule has 0 aromatic rings. The Bertz CT molecular complexity index is 757. The van der Waals surface area contributed by atoms with Crippen molar-refractivity contribution in [2.75, 3.05) is 13.2 Å². The Morgan fingerprint density at radius 3 is 1.41 bits per heavy atom. The van der Waals surface area contributed by atoms with E-state index in [-0.39, 0.29) is 18.5 Å². The Hall–Kier alpha value is -1.40. The quantitative estimate of drug-likeness (QED) is 0.0332. The molecule has 0 aliphatic rings. The second-order valence-corrected chi connectivity index (χ2v) is 15.4. The van der Waals surface area contributed by atoms with Crippen LogP contribution in [0, 0.1) is 0 Å². The van der Waals surface area contributed by atoms with Gasteiger partial charge in [0.2, 0.25) is 5.91 Å². The topological polar surface area (TPSA) is 95.9 Å². The second kappa shape index (κ2) is 41.4. The van der Waals surface area contributed by atoms with Crippen molar-refractivity contribution in [1.82, 2.24) is 5.32 Å². The van der Waals surface area contributed by atoms with Gasteiger partial charge in [-0.05, 0) is 51.4 Å². The third-order valence-corrected chi connectivity index (χ3v) is 10.3. The summed E-state index contributed by atoms with van der Waals surface area (Å²) < 4.78 is 5.43. The zero-order chi connectivity index (χ0) is 37.3. The van der Waals surface area contributed by atoms with E-state index >= 15 is 0 Å². The minimum atomic E-state index is -0.677. The molecule has 0 aromatic heterocycles. The van der Waals surface area contributed by atoms with Crippen molar-refractivity contribution >= 4 is 11.9 Å². The van der Waals surface area contributed by atoms with Crippen molar-refractivity contribution in [3.63, 3.8) is 0 Å². The molecule has 6 heteroatoms. The number of nitrogens with one attached hydrogen (secondary N) is 1. The first kappa shape index (κ1) is 49.6. The van der Waals surface area contributed by atoms with Crippen LogP contribution >= 0.6 is 0 Å². The summed E-state index contributed by atoms with van der Waals surface area (Å²) in [6, 6.07) is -0.558. The Kier molecular flexibility index (Phi) is 40.2. The van der Waals surface area contributed by atoms with Crippen LogP contribution in [0.15, 0.2) is 12.2 Å². The SMILES string of the molecule is CCCCCCCCCCCCCC(=O)OCCCCCCCC/C=C\CCCCCC(=O)NC(CO)C(O)CCCCCCCCCCCC. The summed E-state index contributed by atoms with van der Waals surface area (Å²) in [5.41, 5.74) is 0. The highest BCUT2D eigenvalue weighted by Gasteiger charge is 2.20. The average molecular weight is 722 g/mol. The van der Waals surface area contributed by atoms with Gasteiger partial charge in [0.15, 0.2) is 0 Å². The van der Waals surface area contributed by atoms with Gasteiger partial charge in [-0.15, -0.1) is 0 Å². The summed E-state index contributed by atoms with van der Waals surface area (Å²) in [7, 11) is 0. The predicted molar refractivity (Wildman–Crippen MR) is 218 cm³/mol. The lowest BCUT2D eigenvalue weighted by molar-refractivity contribution is -0.143. The van der Waals surface area contributed by atoms with E-state index < -0.39 is 12.1 Å². The molecule has 0 saturated carbocycles. The van der Waals surface area contributed by atoms with Crippen LogP contribution in [-0.2, 0) is 14.3 Å². The minimum Gasteiger partial charge on any atom is -0.466 e. The standard InChI is InChI=1S/C45H87NO5/c1-3-5-7-9-11-13-18-23-27-31-35-39-45(50)51-40-36-32-28-24-20-17-15-16-19-22-26-30-34-38-44(49)46-42(41-47)43(48)37-33-29-25-21-14-12-10-8-6-4-2/h16,19,42-43,47-48H,3-15,17-18,20-41H2,1-2H3,(H,46,49)/b19-16-. The lowest BCUT2D eigenvalue weighted by atomic mass is 10.0. The molecule has 0 heterocycles. The van der Waals surface area contributed by atoms with Crippen LogP contribution in [0.2, 0.25) is 0 Å². The fraction of sp³-hybridized carbons (Fsp3) is 0.911. The van der Waals surface area contributed by atoms with Gasteiger partial charge in [0.1, 0.15) is 0 Å².